The number of ether oxygens (including phenoxy) is 3. The van der Waals surface area contributed by atoms with Gasteiger partial charge in [0.25, 0.3) is 5.56 Å². The van der Waals surface area contributed by atoms with Gasteiger partial charge in [-0.05, 0) is 25.1 Å². The molecule has 0 aliphatic carbocycles. The van der Waals surface area contributed by atoms with Crippen LogP contribution in [0, 0.1) is 0 Å². The van der Waals surface area contributed by atoms with Crippen LogP contribution in [0.25, 0.3) is 0 Å². The van der Waals surface area contributed by atoms with Crippen molar-refractivity contribution in [2.24, 2.45) is 0 Å². The summed E-state index contributed by atoms with van der Waals surface area (Å²) in [7, 11) is -0.364. The molecular weight excluding hydrogens is 340 g/mol. The molecule has 2 aliphatic heterocycles. The monoisotopic (exact) mass is 368 g/mol. The molecule has 8 heteroatoms. The fraction of sp³-hybridized carbons (Fsp3) is 0.765. The lowest BCUT2D eigenvalue weighted by Gasteiger charge is -2.41. The van der Waals surface area contributed by atoms with Gasteiger partial charge in [-0.25, -0.2) is 0 Å². The average Bonchev–Trinajstić information content (AvgIpc) is 2.76. The summed E-state index contributed by atoms with van der Waals surface area (Å²) >= 11 is 0. The Bertz CT molecular complexity index is 699. The lowest BCUT2D eigenvalue weighted by Crippen LogP contribution is -2.52. The molecule has 2 unspecified atom stereocenters. The van der Waals surface area contributed by atoms with Gasteiger partial charge in [-0.2, -0.15) is 4.98 Å². The van der Waals surface area contributed by atoms with Gasteiger partial charge in [-0.1, -0.05) is 20.8 Å². The van der Waals surface area contributed by atoms with E-state index in [4.69, 9.17) is 18.6 Å². The second kappa shape index (κ2) is 6.19. The first kappa shape index (κ1) is 18.6. The normalized spacial score (nSPS) is 32.0. The van der Waals surface area contributed by atoms with Crippen molar-refractivity contribution in [1.29, 1.82) is 0 Å². The maximum absolute atomic E-state index is 11.6. The van der Waals surface area contributed by atoms with Gasteiger partial charge in [0.05, 0.1) is 0 Å². The molecule has 2 aliphatic rings. The number of aromatic nitrogens is 2. The van der Waals surface area contributed by atoms with Crippen LogP contribution >= 0.6 is 0 Å². The van der Waals surface area contributed by atoms with Gasteiger partial charge >= 0.3 is 6.01 Å². The van der Waals surface area contributed by atoms with Gasteiger partial charge in [0.15, 0.2) is 14.5 Å². The molecular formula is C17H28N2O5Si. The summed E-state index contributed by atoms with van der Waals surface area (Å²) in [6, 6.07) is 1.66. The molecule has 0 saturated carbocycles. The van der Waals surface area contributed by atoms with Crippen molar-refractivity contribution in [3.8, 4) is 6.01 Å². The highest BCUT2D eigenvalue weighted by atomic mass is 28.4. The smallest absolute Gasteiger partial charge is 0.302 e. The molecule has 0 spiro atoms. The van der Waals surface area contributed by atoms with Gasteiger partial charge in [0.2, 0.25) is 0 Å². The highest BCUT2D eigenvalue weighted by Gasteiger charge is 2.55. The summed E-state index contributed by atoms with van der Waals surface area (Å²) in [6.45, 7) is 13.0. The standard InChI is InChI=1S/C17H28N2O5Si/c1-10-12-13(24-25(6,7)17(2,3)4)14(21-5)15(23-12)19-9-8-11(20)18-16(19)22-10/h8-10,12-15H,1-7H3/t10-,12-,13?,14?,15-/m1/s1. The van der Waals surface area contributed by atoms with Crippen molar-refractivity contribution in [2.45, 2.75) is 76.5 Å². The summed E-state index contributed by atoms with van der Waals surface area (Å²) in [5.41, 5.74) is -0.334. The van der Waals surface area contributed by atoms with Crippen molar-refractivity contribution < 1.29 is 18.6 Å². The number of methoxy groups -OCH3 is 1. The highest BCUT2D eigenvalue weighted by molar-refractivity contribution is 6.74. The molecule has 0 radical (unpaired) electrons. The molecule has 0 aromatic carbocycles. The van der Waals surface area contributed by atoms with Crippen molar-refractivity contribution in [1.82, 2.24) is 9.55 Å². The molecule has 140 valence electrons. The Labute approximate surface area is 149 Å². The van der Waals surface area contributed by atoms with E-state index in [-0.39, 0.29) is 41.0 Å². The Morgan fingerprint density at radius 3 is 2.56 bits per heavy atom. The maximum atomic E-state index is 11.6. The van der Waals surface area contributed by atoms with Crippen LogP contribution in [-0.2, 0) is 13.9 Å². The number of hydrogen-bond donors (Lipinski definition) is 0. The largest absolute Gasteiger partial charge is 0.459 e. The third-order valence-electron chi connectivity index (χ3n) is 5.57. The minimum absolute atomic E-state index is 0.0756. The zero-order chi connectivity index (χ0) is 18.6. The van der Waals surface area contributed by atoms with Crippen LogP contribution in [0.4, 0.5) is 0 Å². The molecule has 1 aromatic heterocycles. The van der Waals surface area contributed by atoms with Crippen LogP contribution in [0.1, 0.15) is 33.9 Å². The van der Waals surface area contributed by atoms with E-state index >= 15 is 0 Å². The van der Waals surface area contributed by atoms with Gasteiger partial charge in [-0.15, -0.1) is 0 Å². The van der Waals surface area contributed by atoms with E-state index in [1.54, 1.807) is 17.9 Å². The van der Waals surface area contributed by atoms with E-state index in [2.05, 4.69) is 38.8 Å². The first-order chi connectivity index (χ1) is 11.5. The number of rotatable bonds is 3. The first-order valence-corrected chi connectivity index (χ1v) is 11.6. The quantitative estimate of drug-likeness (QED) is 0.763. The second-order valence-electron chi connectivity index (χ2n) is 8.31. The Morgan fingerprint density at radius 2 is 1.96 bits per heavy atom. The van der Waals surface area contributed by atoms with E-state index in [1.807, 2.05) is 6.92 Å². The number of fused-ring (bicyclic) bond motifs is 4. The van der Waals surface area contributed by atoms with Gasteiger partial charge in [-0.3, -0.25) is 9.36 Å². The molecule has 0 amide bonds. The van der Waals surface area contributed by atoms with Gasteiger partial charge < -0.3 is 18.6 Å². The lowest BCUT2D eigenvalue weighted by atomic mass is 10.1. The van der Waals surface area contributed by atoms with Crippen LogP contribution in [-0.4, -0.2) is 49.4 Å². The Hall–Kier alpha value is -1.22. The van der Waals surface area contributed by atoms with Crippen LogP contribution in [0.3, 0.4) is 0 Å². The molecule has 7 nitrogen and oxygen atoms in total. The summed E-state index contributed by atoms with van der Waals surface area (Å²) in [6.07, 6.45) is 0.0803. The molecule has 1 saturated heterocycles. The SMILES string of the molecule is COC1C(O[Si](C)(C)C(C)(C)C)[C@@H]2O[C@H]1n1ccc(=O)nc1O[C@@H]2C. The Morgan fingerprint density at radius 1 is 1.28 bits per heavy atom. The predicted octanol–water partition coefficient (Wildman–Crippen LogP) is 2.33. The van der Waals surface area contributed by atoms with Crippen LogP contribution in [0.2, 0.25) is 18.1 Å². The minimum atomic E-state index is -2.02. The van der Waals surface area contributed by atoms with Crippen LogP contribution in [0.5, 0.6) is 6.01 Å². The zero-order valence-corrected chi connectivity index (χ0v) is 17.0. The van der Waals surface area contributed by atoms with Crippen LogP contribution in [0.15, 0.2) is 17.1 Å². The Kier molecular flexibility index (Phi) is 4.60. The van der Waals surface area contributed by atoms with E-state index < -0.39 is 14.5 Å². The number of hydrogen-bond acceptors (Lipinski definition) is 6. The molecule has 3 heterocycles. The number of nitrogens with zero attached hydrogens (tertiary/aromatic N) is 2. The van der Waals surface area contributed by atoms with Crippen molar-refractivity contribution in [3.05, 3.63) is 22.6 Å². The molecule has 1 fully saturated rings. The summed E-state index contributed by atoms with van der Waals surface area (Å²) in [5.74, 6) is 0. The van der Waals surface area contributed by atoms with Crippen molar-refractivity contribution in [2.75, 3.05) is 7.11 Å². The molecule has 25 heavy (non-hydrogen) atoms. The topological polar surface area (TPSA) is 71.8 Å². The van der Waals surface area contributed by atoms with E-state index in [9.17, 15) is 4.79 Å². The van der Waals surface area contributed by atoms with Crippen LogP contribution < -0.4 is 10.3 Å². The second-order valence-corrected chi connectivity index (χ2v) is 13.1. The Balaban J connectivity index is 1.99. The van der Waals surface area contributed by atoms with Gasteiger partial charge in [0.1, 0.15) is 24.4 Å². The fourth-order valence-electron chi connectivity index (χ4n) is 3.08. The third kappa shape index (κ3) is 3.16. The molecule has 2 bridgehead atoms. The summed E-state index contributed by atoms with van der Waals surface area (Å²) in [4.78, 5) is 15.6. The van der Waals surface area contributed by atoms with Gasteiger partial charge in [0, 0.05) is 19.4 Å². The summed E-state index contributed by atoms with van der Waals surface area (Å²) in [5, 5.41) is 0.0756. The lowest BCUT2D eigenvalue weighted by molar-refractivity contribution is -0.0532. The fourth-order valence-corrected chi connectivity index (χ4v) is 4.38. The summed E-state index contributed by atoms with van der Waals surface area (Å²) < 4.78 is 26.3. The van der Waals surface area contributed by atoms with Crippen molar-refractivity contribution in [3.63, 3.8) is 0 Å². The molecule has 5 atom stereocenters. The predicted molar refractivity (Wildman–Crippen MR) is 95.4 cm³/mol. The third-order valence-corrected chi connectivity index (χ3v) is 10.0. The highest BCUT2D eigenvalue weighted by Crippen LogP contribution is 2.44. The first-order valence-electron chi connectivity index (χ1n) is 8.67. The zero-order valence-electron chi connectivity index (χ0n) is 16.0. The average molecular weight is 369 g/mol. The van der Waals surface area contributed by atoms with Crippen molar-refractivity contribution >= 4 is 8.32 Å². The maximum Gasteiger partial charge on any atom is 0.302 e. The van der Waals surface area contributed by atoms with E-state index in [0.717, 1.165) is 0 Å². The minimum Gasteiger partial charge on any atom is -0.459 e. The van der Waals surface area contributed by atoms with E-state index in [1.165, 1.54) is 6.07 Å². The molecule has 3 rings (SSSR count). The molecule has 0 N–H and O–H groups in total. The van der Waals surface area contributed by atoms with E-state index in [0.29, 0.717) is 0 Å². The molecule has 1 aromatic rings.